The molecule has 1 fully saturated rings. The summed E-state index contributed by atoms with van der Waals surface area (Å²) in [5, 5.41) is 4.65. The van der Waals surface area contributed by atoms with Crippen LogP contribution in [0.2, 0.25) is 5.02 Å². The largest absolute Gasteiger partial charge is 0.495 e. The molecule has 3 heterocycles. The molecule has 0 unspecified atom stereocenters. The average Bonchev–Trinajstić information content (AvgIpc) is 2.70. The van der Waals surface area contributed by atoms with E-state index in [-0.39, 0.29) is 5.56 Å². The minimum Gasteiger partial charge on any atom is -0.495 e. The van der Waals surface area contributed by atoms with Gasteiger partial charge in [0.2, 0.25) is 5.95 Å². The van der Waals surface area contributed by atoms with Gasteiger partial charge in [-0.3, -0.25) is 9.36 Å². The van der Waals surface area contributed by atoms with Crippen LogP contribution in [0.1, 0.15) is 5.56 Å². The van der Waals surface area contributed by atoms with Gasteiger partial charge in [-0.05, 0) is 23.8 Å². The van der Waals surface area contributed by atoms with Crippen LogP contribution in [0.3, 0.4) is 0 Å². The van der Waals surface area contributed by atoms with Gasteiger partial charge in [-0.25, -0.2) is 4.98 Å². The summed E-state index contributed by atoms with van der Waals surface area (Å²) in [6.45, 7) is 3.85. The molecule has 1 aromatic carbocycles. The van der Waals surface area contributed by atoms with Crippen LogP contribution in [-0.2, 0) is 6.54 Å². The molecular formula is C19H20ClN5O2. The lowest BCUT2D eigenvalue weighted by molar-refractivity contribution is 0.415. The summed E-state index contributed by atoms with van der Waals surface area (Å²) in [5.74, 6) is 1.25. The van der Waals surface area contributed by atoms with Gasteiger partial charge < -0.3 is 15.0 Å². The first-order chi connectivity index (χ1) is 13.2. The Morgan fingerprint density at radius 1 is 1.22 bits per heavy atom. The van der Waals surface area contributed by atoms with Crippen LogP contribution < -0.4 is 20.5 Å². The maximum atomic E-state index is 12.6. The molecule has 27 heavy (non-hydrogen) atoms. The summed E-state index contributed by atoms with van der Waals surface area (Å²) >= 11 is 6.23. The number of pyridine rings is 1. The third kappa shape index (κ3) is 3.61. The minimum absolute atomic E-state index is 0.112. The molecule has 3 aromatic rings. The van der Waals surface area contributed by atoms with E-state index in [1.807, 2.05) is 12.1 Å². The van der Waals surface area contributed by atoms with Gasteiger partial charge in [-0.1, -0.05) is 17.7 Å². The van der Waals surface area contributed by atoms with Crippen molar-refractivity contribution in [2.75, 3.05) is 38.2 Å². The lowest BCUT2D eigenvalue weighted by Gasteiger charge is -2.27. The lowest BCUT2D eigenvalue weighted by atomic mass is 10.2. The number of methoxy groups -OCH3 is 1. The highest BCUT2D eigenvalue weighted by atomic mass is 35.5. The van der Waals surface area contributed by atoms with Gasteiger partial charge in [0.05, 0.1) is 18.7 Å². The Bertz CT molecular complexity index is 1030. The van der Waals surface area contributed by atoms with E-state index in [9.17, 15) is 4.79 Å². The Morgan fingerprint density at radius 2 is 2.04 bits per heavy atom. The van der Waals surface area contributed by atoms with Crippen molar-refractivity contribution in [1.82, 2.24) is 19.9 Å². The van der Waals surface area contributed by atoms with Gasteiger partial charge in [0, 0.05) is 43.8 Å². The highest BCUT2D eigenvalue weighted by molar-refractivity contribution is 6.32. The van der Waals surface area contributed by atoms with Crippen LogP contribution in [0, 0.1) is 0 Å². The number of benzene rings is 1. The Hall–Kier alpha value is -2.64. The van der Waals surface area contributed by atoms with Crippen LogP contribution in [0.5, 0.6) is 5.75 Å². The fourth-order valence-corrected chi connectivity index (χ4v) is 3.50. The van der Waals surface area contributed by atoms with Gasteiger partial charge in [0.1, 0.15) is 11.4 Å². The normalized spacial score (nSPS) is 14.5. The lowest BCUT2D eigenvalue weighted by Crippen LogP contribution is -2.44. The molecule has 0 bridgehead atoms. The number of nitrogens with one attached hydrogen (secondary N) is 1. The molecule has 8 heteroatoms. The van der Waals surface area contributed by atoms with Gasteiger partial charge in [-0.2, -0.15) is 4.98 Å². The first-order valence-corrected chi connectivity index (χ1v) is 9.18. The van der Waals surface area contributed by atoms with Crippen molar-refractivity contribution in [2.45, 2.75) is 6.54 Å². The van der Waals surface area contributed by atoms with Gasteiger partial charge in [0.15, 0.2) is 0 Å². The Kier molecular flexibility index (Phi) is 4.96. The maximum Gasteiger partial charge on any atom is 0.252 e. The second kappa shape index (κ2) is 7.54. The third-order valence-electron chi connectivity index (χ3n) is 4.67. The first kappa shape index (κ1) is 17.8. The SMILES string of the molecule is COc1ccc(Cn2c(=O)ccc3cnc(N4CCNCC4)nc32)cc1Cl. The molecule has 1 saturated heterocycles. The van der Waals surface area contributed by atoms with E-state index >= 15 is 0 Å². The van der Waals surface area contributed by atoms with E-state index in [1.165, 1.54) is 0 Å². The number of nitrogens with zero attached hydrogens (tertiary/aromatic N) is 4. The quantitative estimate of drug-likeness (QED) is 0.739. The van der Waals surface area contributed by atoms with Crippen LogP contribution in [0.25, 0.3) is 11.0 Å². The summed E-state index contributed by atoms with van der Waals surface area (Å²) < 4.78 is 6.85. The Labute approximate surface area is 161 Å². The fourth-order valence-electron chi connectivity index (χ4n) is 3.22. The van der Waals surface area contributed by atoms with E-state index in [2.05, 4.69) is 15.2 Å². The van der Waals surface area contributed by atoms with Crippen LogP contribution in [-0.4, -0.2) is 47.8 Å². The summed E-state index contributed by atoms with van der Waals surface area (Å²) in [6, 6.07) is 8.81. The monoisotopic (exact) mass is 385 g/mol. The summed E-state index contributed by atoms with van der Waals surface area (Å²) in [5.41, 5.74) is 1.41. The first-order valence-electron chi connectivity index (χ1n) is 8.80. The average molecular weight is 386 g/mol. The molecule has 0 saturated carbocycles. The number of piperazine rings is 1. The molecule has 0 amide bonds. The predicted molar refractivity (Wildman–Crippen MR) is 106 cm³/mol. The maximum absolute atomic E-state index is 12.6. The summed E-state index contributed by atoms with van der Waals surface area (Å²) in [7, 11) is 1.57. The molecule has 140 valence electrons. The van der Waals surface area contributed by atoms with Crippen LogP contribution in [0.4, 0.5) is 5.95 Å². The van der Waals surface area contributed by atoms with Crippen molar-refractivity contribution in [3.63, 3.8) is 0 Å². The molecule has 1 aliphatic heterocycles. The van der Waals surface area contributed by atoms with Gasteiger partial charge in [-0.15, -0.1) is 0 Å². The number of fused-ring (bicyclic) bond motifs is 1. The van der Waals surface area contributed by atoms with Crippen LogP contribution in [0.15, 0.2) is 41.3 Å². The second-order valence-corrected chi connectivity index (χ2v) is 6.82. The Balaban J connectivity index is 1.75. The summed E-state index contributed by atoms with van der Waals surface area (Å²) in [6.07, 6.45) is 1.77. The van der Waals surface area contributed by atoms with Gasteiger partial charge in [0.25, 0.3) is 5.56 Å². The zero-order chi connectivity index (χ0) is 18.8. The van der Waals surface area contributed by atoms with E-state index in [1.54, 1.807) is 36.1 Å². The zero-order valence-corrected chi connectivity index (χ0v) is 15.7. The molecule has 0 aliphatic carbocycles. The van der Waals surface area contributed by atoms with Gasteiger partial charge >= 0.3 is 0 Å². The standard InChI is InChI=1S/C19H20ClN5O2/c1-27-16-4-2-13(10-15(16)20)12-25-17(26)5-3-14-11-22-19(23-18(14)25)24-8-6-21-7-9-24/h2-5,10-11,21H,6-9,12H2,1H3. The van der Waals surface area contributed by atoms with E-state index in [4.69, 9.17) is 21.3 Å². The van der Waals surface area contributed by atoms with Crippen molar-refractivity contribution in [1.29, 1.82) is 0 Å². The highest BCUT2D eigenvalue weighted by Crippen LogP contribution is 2.25. The van der Waals surface area contributed by atoms with Crippen molar-refractivity contribution in [2.24, 2.45) is 0 Å². The number of halogens is 1. The van der Waals surface area contributed by atoms with Crippen molar-refractivity contribution in [3.8, 4) is 5.75 Å². The van der Waals surface area contributed by atoms with Crippen molar-refractivity contribution < 1.29 is 4.74 Å². The molecule has 2 aromatic heterocycles. The fraction of sp³-hybridized carbons (Fsp3) is 0.316. The molecule has 0 atom stereocenters. The number of ether oxygens (including phenoxy) is 1. The highest BCUT2D eigenvalue weighted by Gasteiger charge is 2.15. The Morgan fingerprint density at radius 3 is 2.78 bits per heavy atom. The van der Waals surface area contributed by atoms with Crippen molar-refractivity contribution in [3.05, 3.63) is 57.5 Å². The van der Waals surface area contributed by atoms with E-state index in [0.29, 0.717) is 28.9 Å². The smallest absolute Gasteiger partial charge is 0.252 e. The molecule has 1 N–H and O–H groups in total. The number of hydrogen-bond acceptors (Lipinski definition) is 6. The van der Waals surface area contributed by atoms with E-state index in [0.717, 1.165) is 37.1 Å². The predicted octanol–water partition coefficient (Wildman–Crippen LogP) is 1.91. The number of aromatic nitrogens is 3. The number of anilines is 1. The van der Waals surface area contributed by atoms with E-state index < -0.39 is 0 Å². The van der Waals surface area contributed by atoms with Crippen LogP contribution >= 0.6 is 11.6 Å². The molecule has 0 radical (unpaired) electrons. The number of rotatable bonds is 4. The second-order valence-electron chi connectivity index (χ2n) is 6.41. The zero-order valence-electron chi connectivity index (χ0n) is 15.0. The summed E-state index contributed by atoms with van der Waals surface area (Å²) in [4.78, 5) is 23.9. The third-order valence-corrected chi connectivity index (χ3v) is 4.96. The molecular weight excluding hydrogens is 366 g/mol. The molecule has 1 aliphatic rings. The topological polar surface area (TPSA) is 72.3 Å². The minimum atomic E-state index is -0.112. The molecule has 7 nitrogen and oxygen atoms in total. The molecule has 4 rings (SSSR count). The van der Waals surface area contributed by atoms with Crippen molar-refractivity contribution >= 4 is 28.6 Å². The number of hydrogen-bond donors (Lipinski definition) is 1. The molecule has 0 spiro atoms.